The molecule has 0 bridgehead atoms. The van der Waals surface area contributed by atoms with Crippen molar-refractivity contribution in [3.05, 3.63) is 71.4 Å². The molecule has 224 valence electrons. The van der Waals surface area contributed by atoms with Crippen molar-refractivity contribution in [3.8, 4) is 5.69 Å². The second-order valence-corrected chi connectivity index (χ2v) is 13.4. The highest BCUT2D eigenvalue weighted by Crippen LogP contribution is 2.36. The summed E-state index contributed by atoms with van der Waals surface area (Å²) in [6.07, 6.45) is 8.91. The third-order valence-corrected chi connectivity index (χ3v) is 8.94. The van der Waals surface area contributed by atoms with Crippen molar-refractivity contribution in [2.24, 2.45) is 11.8 Å². The summed E-state index contributed by atoms with van der Waals surface area (Å²) in [5, 5.41) is 14.2. The van der Waals surface area contributed by atoms with Gasteiger partial charge in [-0.1, -0.05) is 82.7 Å². The summed E-state index contributed by atoms with van der Waals surface area (Å²) in [5.41, 5.74) is 4.54. The van der Waals surface area contributed by atoms with Gasteiger partial charge in [-0.15, -0.1) is 0 Å². The number of Topliss-reactive ketones (excluding diaryl/α,β-unsaturated/α-hetero) is 1. The van der Waals surface area contributed by atoms with Crippen LogP contribution >= 0.6 is 0 Å². The molecular weight excluding hydrogens is 522 g/mol. The van der Waals surface area contributed by atoms with Gasteiger partial charge < -0.3 is 10.6 Å². The number of amides is 2. The molecule has 2 heterocycles. The van der Waals surface area contributed by atoms with E-state index in [0.717, 1.165) is 48.4 Å². The molecule has 1 aliphatic carbocycles. The predicted octanol–water partition coefficient (Wildman–Crippen LogP) is 7.74. The first-order valence-electron chi connectivity index (χ1n) is 15.8. The molecule has 0 spiro atoms. The first kappa shape index (κ1) is 30.0. The Kier molecular flexibility index (Phi) is 9.47. The van der Waals surface area contributed by atoms with Gasteiger partial charge in [-0.3, -0.25) is 10.1 Å². The van der Waals surface area contributed by atoms with Gasteiger partial charge in [-0.05, 0) is 74.5 Å². The van der Waals surface area contributed by atoms with E-state index in [4.69, 9.17) is 5.10 Å². The number of hydrogen-bond acceptors (Lipinski definition) is 4. The Morgan fingerprint density at radius 3 is 2.24 bits per heavy atom. The second kappa shape index (κ2) is 13.2. The zero-order valence-corrected chi connectivity index (χ0v) is 25.7. The Labute approximate surface area is 250 Å². The predicted molar refractivity (Wildman–Crippen MR) is 171 cm³/mol. The van der Waals surface area contributed by atoms with E-state index in [0.29, 0.717) is 35.5 Å². The number of hydrogen-bond donors (Lipinski definition) is 3. The number of rotatable bonds is 8. The van der Waals surface area contributed by atoms with Gasteiger partial charge in [0, 0.05) is 29.5 Å². The van der Waals surface area contributed by atoms with Gasteiger partial charge in [0.25, 0.3) is 0 Å². The first-order chi connectivity index (χ1) is 20.2. The maximum absolute atomic E-state index is 13.7. The van der Waals surface area contributed by atoms with Crippen LogP contribution in [0.1, 0.15) is 94.9 Å². The molecule has 2 aliphatic rings. The molecule has 0 radical (unpaired) electrons. The highest BCUT2D eigenvalue weighted by atomic mass is 16.2. The molecule has 2 fully saturated rings. The summed E-state index contributed by atoms with van der Waals surface area (Å²) in [4.78, 5) is 26.9. The maximum Gasteiger partial charge on any atom is 0.324 e. The van der Waals surface area contributed by atoms with E-state index >= 15 is 0 Å². The van der Waals surface area contributed by atoms with Gasteiger partial charge in [0.05, 0.1) is 11.4 Å². The van der Waals surface area contributed by atoms with E-state index in [-0.39, 0.29) is 17.4 Å². The number of nitrogens with one attached hydrogen (secondary N) is 3. The minimum atomic E-state index is -0.334. The summed E-state index contributed by atoms with van der Waals surface area (Å²) >= 11 is 0. The third kappa shape index (κ3) is 7.49. The SMILES string of the molecule is Cc1ccc(-n2nc(C(C)(C)C)cc2NC(=O)Nc2ccc(C(C(=O)CC3CCCCC3)C3CCNCC3)cc2)cc1. The van der Waals surface area contributed by atoms with Gasteiger partial charge >= 0.3 is 6.03 Å². The van der Waals surface area contributed by atoms with E-state index in [2.05, 4.69) is 36.7 Å². The smallest absolute Gasteiger partial charge is 0.317 e. The number of carbonyl (C=O) groups is 2. The summed E-state index contributed by atoms with van der Waals surface area (Å²) in [6, 6.07) is 17.6. The fraction of sp³-hybridized carbons (Fsp3) is 0.514. The minimum Gasteiger partial charge on any atom is -0.317 e. The average molecular weight is 570 g/mol. The Balaban J connectivity index is 1.30. The Hall–Kier alpha value is -3.45. The average Bonchev–Trinajstić information content (AvgIpc) is 3.40. The molecule has 5 rings (SSSR count). The van der Waals surface area contributed by atoms with E-state index in [9.17, 15) is 9.59 Å². The van der Waals surface area contributed by atoms with Crippen LogP contribution in [-0.4, -0.2) is 34.7 Å². The van der Waals surface area contributed by atoms with Crippen molar-refractivity contribution in [1.82, 2.24) is 15.1 Å². The maximum atomic E-state index is 13.7. The molecule has 3 aromatic rings. The molecule has 7 heteroatoms. The van der Waals surface area contributed by atoms with E-state index < -0.39 is 0 Å². The van der Waals surface area contributed by atoms with Crippen molar-refractivity contribution in [3.63, 3.8) is 0 Å². The van der Waals surface area contributed by atoms with Crippen molar-refractivity contribution in [2.45, 2.75) is 90.4 Å². The van der Waals surface area contributed by atoms with Gasteiger partial charge in [0.15, 0.2) is 0 Å². The number of piperidine rings is 1. The molecule has 2 amide bonds. The van der Waals surface area contributed by atoms with E-state index in [1.807, 2.05) is 61.5 Å². The summed E-state index contributed by atoms with van der Waals surface area (Å²) in [7, 11) is 0. The van der Waals surface area contributed by atoms with Gasteiger partial charge in [-0.2, -0.15) is 5.10 Å². The lowest BCUT2D eigenvalue weighted by Crippen LogP contribution is -2.34. The number of aromatic nitrogens is 2. The van der Waals surface area contributed by atoms with Crippen LogP contribution in [-0.2, 0) is 10.2 Å². The lowest BCUT2D eigenvalue weighted by atomic mass is 9.74. The first-order valence-corrected chi connectivity index (χ1v) is 15.8. The van der Waals surface area contributed by atoms with Gasteiger partial charge in [0.2, 0.25) is 0 Å². The van der Waals surface area contributed by atoms with Crippen LogP contribution in [0.3, 0.4) is 0 Å². The molecule has 1 unspecified atom stereocenters. The van der Waals surface area contributed by atoms with Gasteiger partial charge in [-0.25, -0.2) is 9.48 Å². The lowest BCUT2D eigenvalue weighted by molar-refractivity contribution is -0.123. The molecule has 1 aliphatic heterocycles. The number of carbonyl (C=O) groups excluding carboxylic acids is 2. The van der Waals surface area contributed by atoms with E-state index in [1.165, 1.54) is 32.1 Å². The topological polar surface area (TPSA) is 88.1 Å². The molecule has 3 N–H and O–H groups in total. The molecular formula is C35H47N5O2. The highest BCUT2D eigenvalue weighted by Gasteiger charge is 2.32. The zero-order chi connectivity index (χ0) is 29.7. The minimum absolute atomic E-state index is 0.0726. The largest absolute Gasteiger partial charge is 0.324 e. The third-order valence-electron chi connectivity index (χ3n) is 8.94. The van der Waals surface area contributed by atoms with Crippen molar-refractivity contribution < 1.29 is 9.59 Å². The number of ketones is 1. The lowest BCUT2D eigenvalue weighted by Gasteiger charge is -2.32. The second-order valence-electron chi connectivity index (χ2n) is 13.4. The normalized spacial score (nSPS) is 17.5. The molecule has 42 heavy (non-hydrogen) atoms. The standard InChI is InChI=1S/C35H47N5O2/c1-24-10-16-29(17-11-24)40-32(23-31(39-40)35(2,3)4)38-34(42)37-28-14-12-26(13-15-28)33(27-18-20-36-21-19-27)30(41)22-25-8-6-5-7-9-25/h10-17,23,25,27,33,36H,5-9,18-22H2,1-4H3,(H2,37,38,42). The summed E-state index contributed by atoms with van der Waals surface area (Å²) < 4.78 is 1.78. The fourth-order valence-electron chi connectivity index (χ4n) is 6.47. The Morgan fingerprint density at radius 2 is 1.60 bits per heavy atom. The van der Waals surface area contributed by atoms with Crippen molar-refractivity contribution >= 4 is 23.3 Å². The van der Waals surface area contributed by atoms with Crippen LogP contribution in [0.15, 0.2) is 54.6 Å². The fourth-order valence-corrected chi connectivity index (χ4v) is 6.47. The number of anilines is 2. The Bertz CT molecular complexity index is 1340. The number of benzene rings is 2. The van der Waals surface area contributed by atoms with Crippen LogP contribution < -0.4 is 16.0 Å². The number of nitrogens with zero attached hydrogens (tertiary/aromatic N) is 2. The van der Waals surface area contributed by atoms with Crippen molar-refractivity contribution in [2.75, 3.05) is 23.7 Å². The molecule has 1 aromatic heterocycles. The summed E-state index contributed by atoms with van der Waals surface area (Å²) in [6.45, 7) is 10.3. The zero-order valence-electron chi connectivity index (χ0n) is 25.7. The molecule has 1 atom stereocenters. The van der Waals surface area contributed by atoms with Gasteiger partial charge in [0.1, 0.15) is 11.6 Å². The number of aryl methyl sites for hydroxylation is 1. The highest BCUT2D eigenvalue weighted by molar-refractivity contribution is 5.99. The van der Waals surface area contributed by atoms with Crippen LogP contribution in [0, 0.1) is 18.8 Å². The molecule has 2 aromatic carbocycles. The molecule has 1 saturated heterocycles. The van der Waals surface area contributed by atoms with Crippen LogP contribution in [0.2, 0.25) is 0 Å². The van der Waals surface area contributed by atoms with E-state index in [1.54, 1.807) is 4.68 Å². The van der Waals surface area contributed by atoms with Crippen LogP contribution in [0.5, 0.6) is 0 Å². The van der Waals surface area contributed by atoms with Crippen molar-refractivity contribution in [1.29, 1.82) is 0 Å². The summed E-state index contributed by atoms with van der Waals surface area (Å²) in [5.74, 6) is 1.83. The Morgan fingerprint density at radius 1 is 0.929 bits per heavy atom. The van der Waals surface area contributed by atoms with Crippen LogP contribution in [0.25, 0.3) is 5.69 Å². The molecule has 7 nitrogen and oxygen atoms in total. The quantitative estimate of drug-likeness (QED) is 0.259. The van der Waals surface area contributed by atoms with Crippen LogP contribution in [0.4, 0.5) is 16.3 Å². The monoisotopic (exact) mass is 569 g/mol. The number of urea groups is 1. The molecule has 1 saturated carbocycles.